The van der Waals surface area contributed by atoms with Gasteiger partial charge in [-0.25, -0.2) is 9.97 Å². The molecule has 0 unspecified atom stereocenters. The number of benzene rings is 2. The highest BCUT2D eigenvalue weighted by molar-refractivity contribution is 5.92. The second-order valence-electron chi connectivity index (χ2n) is 5.99. The number of carbonyl (C=O) groups is 1. The maximum Gasteiger partial charge on any atom is 0.270 e. The van der Waals surface area contributed by atoms with Crippen molar-refractivity contribution in [2.24, 2.45) is 0 Å². The molecule has 2 N–H and O–H groups in total. The molecule has 3 aromatic rings. The second-order valence-corrected chi connectivity index (χ2v) is 5.99. The molecule has 134 valence electrons. The van der Waals surface area contributed by atoms with Gasteiger partial charge in [0.2, 0.25) is 5.95 Å². The normalized spacial score (nSPS) is 10.1. The summed E-state index contributed by atoms with van der Waals surface area (Å²) < 4.78 is 0. The third kappa shape index (κ3) is 4.89. The lowest BCUT2D eigenvalue weighted by atomic mass is 10.1. The average Bonchev–Trinajstić information content (AvgIpc) is 2.68. The number of amides is 1. The van der Waals surface area contributed by atoms with Gasteiger partial charge in [0.05, 0.1) is 11.3 Å². The van der Waals surface area contributed by atoms with Crippen molar-refractivity contribution in [3.8, 4) is 6.07 Å². The highest BCUT2D eigenvalue weighted by atomic mass is 16.1. The maximum absolute atomic E-state index is 12.4. The van der Waals surface area contributed by atoms with Crippen LogP contribution in [-0.2, 0) is 6.42 Å². The minimum atomic E-state index is -0.256. The van der Waals surface area contributed by atoms with Crippen molar-refractivity contribution in [3.63, 3.8) is 0 Å². The SMILES string of the molecule is Cc1cc(C(=O)NCCc2ccccc2)nc(Nc2ccccc2C#N)n1. The molecule has 3 rings (SSSR count). The van der Waals surface area contributed by atoms with Gasteiger partial charge < -0.3 is 10.6 Å². The van der Waals surface area contributed by atoms with E-state index in [1.807, 2.05) is 36.4 Å². The van der Waals surface area contributed by atoms with Gasteiger partial charge in [0, 0.05) is 12.2 Å². The molecular formula is C21H19N5O. The molecule has 6 nitrogen and oxygen atoms in total. The molecular weight excluding hydrogens is 338 g/mol. The molecule has 0 saturated heterocycles. The molecule has 0 saturated carbocycles. The van der Waals surface area contributed by atoms with Crippen molar-refractivity contribution >= 4 is 17.5 Å². The fourth-order valence-electron chi connectivity index (χ4n) is 2.61. The second kappa shape index (κ2) is 8.59. The van der Waals surface area contributed by atoms with E-state index >= 15 is 0 Å². The first-order valence-corrected chi connectivity index (χ1v) is 8.59. The Hall–Kier alpha value is -3.72. The van der Waals surface area contributed by atoms with Crippen LogP contribution >= 0.6 is 0 Å². The van der Waals surface area contributed by atoms with Crippen LogP contribution in [0, 0.1) is 18.3 Å². The number of anilines is 2. The number of carbonyl (C=O) groups excluding carboxylic acids is 1. The number of nitriles is 1. The number of rotatable bonds is 6. The molecule has 0 aliphatic rings. The van der Waals surface area contributed by atoms with Crippen LogP contribution in [0.2, 0.25) is 0 Å². The summed E-state index contributed by atoms with van der Waals surface area (Å²) >= 11 is 0. The van der Waals surface area contributed by atoms with E-state index in [1.54, 1.807) is 31.2 Å². The van der Waals surface area contributed by atoms with Crippen LogP contribution in [0.1, 0.15) is 27.3 Å². The molecule has 0 atom stereocenters. The fraction of sp³-hybridized carbons (Fsp3) is 0.143. The number of nitrogens with zero attached hydrogens (tertiary/aromatic N) is 3. The zero-order valence-corrected chi connectivity index (χ0v) is 14.9. The van der Waals surface area contributed by atoms with Gasteiger partial charge in [0.25, 0.3) is 5.91 Å². The van der Waals surface area contributed by atoms with Crippen molar-refractivity contribution in [2.45, 2.75) is 13.3 Å². The van der Waals surface area contributed by atoms with Gasteiger partial charge in [-0.2, -0.15) is 5.26 Å². The fourth-order valence-corrected chi connectivity index (χ4v) is 2.61. The third-order valence-corrected chi connectivity index (χ3v) is 3.92. The van der Waals surface area contributed by atoms with Gasteiger partial charge in [-0.3, -0.25) is 4.79 Å². The van der Waals surface area contributed by atoms with Gasteiger partial charge in [-0.1, -0.05) is 42.5 Å². The first-order valence-electron chi connectivity index (χ1n) is 8.59. The van der Waals surface area contributed by atoms with Crippen molar-refractivity contribution < 1.29 is 4.79 Å². The van der Waals surface area contributed by atoms with E-state index in [0.717, 1.165) is 12.0 Å². The highest BCUT2D eigenvalue weighted by Crippen LogP contribution is 2.18. The van der Waals surface area contributed by atoms with Crippen LogP contribution in [0.4, 0.5) is 11.6 Å². The van der Waals surface area contributed by atoms with Crippen LogP contribution in [0.3, 0.4) is 0 Å². The predicted octanol–water partition coefficient (Wildman–Crippen LogP) is 3.37. The summed E-state index contributed by atoms with van der Waals surface area (Å²) in [4.78, 5) is 21.0. The topological polar surface area (TPSA) is 90.7 Å². The molecule has 1 aromatic heterocycles. The summed E-state index contributed by atoms with van der Waals surface area (Å²) in [5.41, 5.74) is 3.19. The summed E-state index contributed by atoms with van der Waals surface area (Å²) in [7, 11) is 0. The predicted molar refractivity (Wildman–Crippen MR) is 104 cm³/mol. The van der Waals surface area contributed by atoms with E-state index in [-0.39, 0.29) is 17.5 Å². The molecule has 27 heavy (non-hydrogen) atoms. The summed E-state index contributed by atoms with van der Waals surface area (Å²) in [5.74, 6) is 0.0268. The minimum Gasteiger partial charge on any atom is -0.350 e. The average molecular weight is 357 g/mol. The van der Waals surface area contributed by atoms with Gasteiger partial charge >= 0.3 is 0 Å². The molecule has 1 amide bonds. The Balaban J connectivity index is 1.69. The lowest BCUT2D eigenvalue weighted by Crippen LogP contribution is -2.27. The zero-order chi connectivity index (χ0) is 19.1. The number of aromatic nitrogens is 2. The van der Waals surface area contributed by atoms with Crippen molar-refractivity contribution in [1.29, 1.82) is 5.26 Å². The Morgan fingerprint density at radius 2 is 1.81 bits per heavy atom. The van der Waals surface area contributed by atoms with E-state index in [2.05, 4.69) is 26.7 Å². The molecule has 0 bridgehead atoms. The number of aryl methyl sites for hydroxylation is 1. The molecule has 0 aliphatic carbocycles. The van der Waals surface area contributed by atoms with Crippen LogP contribution < -0.4 is 10.6 Å². The number of hydrogen-bond donors (Lipinski definition) is 2. The Bertz CT molecular complexity index is 979. The van der Waals surface area contributed by atoms with Gasteiger partial charge in [-0.05, 0) is 37.1 Å². The lowest BCUT2D eigenvalue weighted by Gasteiger charge is -2.10. The summed E-state index contributed by atoms with van der Waals surface area (Å²) in [6.07, 6.45) is 0.747. The van der Waals surface area contributed by atoms with E-state index in [9.17, 15) is 10.1 Å². The van der Waals surface area contributed by atoms with Crippen LogP contribution in [0.5, 0.6) is 0 Å². The smallest absolute Gasteiger partial charge is 0.270 e. The number of hydrogen-bond acceptors (Lipinski definition) is 5. The number of para-hydroxylation sites is 1. The van der Waals surface area contributed by atoms with Crippen molar-refractivity contribution in [3.05, 3.63) is 83.2 Å². The van der Waals surface area contributed by atoms with E-state index in [4.69, 9.17) is 0 Å². The molecule has 6 heteroatoms. The van der Waals surface area contributed by atoms with Crippen LogP contribution in [0.15, 0.2) is 60.7 Å². The standard InChI is InChI=1S/C21H19N5O/c1-15-13-19(20(27)23-12-11-16-7-3-2-4-8-16)26-21(24-15)25-18-10-6-5-9-17(18)14-22/h2-10,13H,11-12H2,1H3,(H,23,27)(H,24,25,26). The van der Waals surface area contributed by atoms with E-state index < -0.39 is 0 Å². The van der Waals surface area contributed by atoms with Gasteiger partial charge in [0.1, 0.15) is 11.8 Å². The first kappa shape index (κ1) is 18.1. The lowest BCUT2D eigenvalue weighted by molar-refractivity contribution is 0.0949. The van der Waals surface area contributed by atoms with Crippen molar-refractivity contribution in [2.75, 3.05) is 11.9 Å². The first-order chi connectivity index (χ1) is 13.2. The minimum absolute atomic E-state index is 0.256. The van der Waals surface area contributed by atoms with Gasteiger partial charge in [-0.15, -0.1) is 0 Å². The molecule has 0 spiro atoms. The largest absolute Gasteiger partial charge is 0.350 e. The van der Waals surface area contributed by atoms with Gasteiger partial charge in [0.15, 0.2) is 0 Å². The molecule has 2 aromatic carbocycles. The monoisotopic (exact) mass is 357 g/mol. The summed E-state index contributed by atoms with van der Waals surface area (Å²) in [6, 6.07) is 20.8. The van der Waals surface area contributed by atoms with E-state index in [1.165, 1.54) is 0 Å². The Kier molecular flexibility index (Phi) is 5.75. The zero-order valence-electron chi connectivity index (χ0n) is 14.9. The van der Waals surface area contributed by atoms with Crippen LogP contribution in [0.25, 0.3) is 0 Å². The molecule has 0 aliphatic heterocycles. The Labute approximate surface area is 157 Å². The Morgan fingerprint density at radius 1 is 1.07 bits per heavy atom. The Morgan fingerprint density at radius 3 is 2.59 bits per heavy atom. The van der Waals surface area contributed by atoms with Crippen LogP contribution in [-0.4, -0.2) is 22.4 Å². The molecule has 0 radical (unpaired) electrons. The summed E-state index contributed by atoms with van der Waals surface area (Å²) in [5, 5.41) is 15.1. The highest BCUT2D eigenvalue weighted by Gasteiger charge is 2.11. The molecule has 0 fully saturated rings. The quantitative estimate of drug-likeness (QED) is 0.706. The maximum atomic E-state index is 12.4. The number of nitrogens with one attached hydrogen (secondary N) is 2. The summed E-state index contributed by atoms with van der Waals surface area (Å²) in [6.45, 7) is 2.32. The van der Waals surface area contributed by atoms with Crippen molar-refractivity contribution in [1.82, 2.24) is 15.3 Å². The van der Waals surface area contributed by atoms with E-state index in [0.29, 0.717) is 23.5 Å². The molecule has 1 heterocycles. The third-order valence-electron chi connectivity index (χ3n) is 3.92.